The summed E-state index contributed by atoms with van der Waals surface area (Å²) in [6.45, 7) is 5.48. The van der Waals surface area contributed by atoms with Gasteiger partial charge in [-0.3, -0.25) is 0 Å². The number of methoxy groups -OCH3 is 1. The third-order valence-corrected chi connectivity index (χ3v) is 3.75. The van der Waals surface area contributed by atoms with Gasteiger partial charge in [-0.05, 0) is 16.8 Å². The molecule has 1 rings (SSSR count). The van der Waals surface area contributed by atoms with Crippen molar-refractivity contribution >= 4 is 11.8 Å². The second-order valence-corrected chi connectivity index (χ2v) is 5.40. The van der Waals surface area contributed by atoms with Crippen LogP contribution in [0.3, 0.4) is 0 Å². The van der Waals surface area contributed by atoms with Gasteiger partial charge in [-0.15, -0.1) is 5.10 Å². The average Bonchev–Trinajstić information content (AvgIpc) is 2.86. The van der Waals surface area contributed by atoms with E-state index in [0.29, 0.717) is 0 Å². The number of nitrogens with one attached hydrogen (secondary N) is 1. The van der Waals surface area contributed by atoms with Crippen molar-refractivity contribution in [2.24, 2.45) is 0 Å². The van der Waals surface area contributed by atoms with E-state index >= 15 is 0 Å². The summed E-state index contributed by atoms with van der Waals surface area (Å²) < 4.78 is 6.84. The number of unbranched alkanes of at least 4 members (excludes halogenated alkanes) is 3. The van der Waals surface area contributed by atoms with Crippen molar-refractivity contribution in [2.75, 3.05) is 32.6 Å². The van der Waals surface area contributed by atoms with E-state index in [-0.39, 0.29) is 0 Å². The number of ether oxygens (including phenoxy) is 1. The number of tetrazole rings is 1. The molecule has 0 radical (unpaired) electrons. The van der Waals surface area contributed by atoms with Gasteiger partial charge in [-0.25, -0.2) is 4.68 Å². The van der Waals surface area contributed by atoms with Crippen LogP contribution in [0.1, 0.15) is 32.6 Å². The maximum Gasteiger partial charge on any atom is 0.209 e. The molecule has 19 heavy (non-hydrogen) atoms. The van der Waals surface area contributed by atoms with Gasteiger partial charge in [0.05, 0.1) is 13.2 Å². The van der Waals surface area contributed by atoms with Gasteiger partial charge >= 0.3 is 0 Å². The fourth-order valence-corrected chi connectivity index (χ4v) is 2.52. The number of rotatable bonds is 12. The number of hydrogen-bond donors (Lipinski definition) is 1. The predicted octanol–water partition coefficient (Wildman–Crippen LogP) is 1.58. The lowest BCUT2D eigenvalue weighted by atomic mass is 10.2. The molecule has 1 N–H and O–H groups in total. The van der Waals surface area contributed by atoms with Crippen molar-refractivity contribution in [1.29, 1.82) is 0 Å². The van der Waals surface area contributed by atoms with Gasteiger partial charge in [0.2, 0.25) is 5.16 Å². The molecule has 0 fully saturated rings. The zero-order chi connectivity index (χ0) is 13.8. The molecular weight excluding hydrogens is 262 g/mol. The zero-order valence-corrected chi connectivity index (χ0v) is 12.8. The molecule has 110 valence electrons. The summed E-state index contributed by atoms with van der Waals surface area (Å²) in [6, 6.07) is 0. The lowest BCUT2D eigenvalue weighted by Crippen LogP contribution is -2.24. The Balaban J connectivity index is 2.15. The molecule has 0 saturated carbocycles. The summed E-state index contributed by atoms with van der Waals surface area (Å²) in [5.74, 6) is 1.09. The molecule has 0 aliphatic rings. The van der Waals surface area contributed by atoms with Crippen molar-refractivity contribution in [2.45, 2.75) is 44.3 Å². The largest absolute Gasteiger partial charge is 0.383 e. The third kappa shape index (κ3) is 7.49. The molecule has 0 amide bonds. The summed E-state index contributed by atoms with van der Waals surface area (Å²) in [6.07, 6.45) is 5.12. The van der Waals surface area contributed by atoms with Gasteiger partial charge in [-0.1, -0.05) is 37.9 Å². The highest BCUT2D eigenvalue weighted by Gasteiger charge is 2.05. The van der Waals surface area contributed by atoms with Crippen LogP contribution in [0.25, 0.3) is 0 Å². The normalized spacial score (nSPS) is 11.1. The number of hydrogen-bond acceptors (Lipinski definition) is 6. The Kier molecular flexibility index (Phi) is 9.66. The Morgan fingerprint density at radius 1 is 1.26 bits per heavy atom. The minimum absolute atomic E-state index is 0.731. The molecule has 7 heteroatoms. The highest BCUT2D eigenvalue weighted by molar-refractivity contribution is 7.99. The first-order valence-corrected chi connectivity index (χ1v) is 7.95. The number of thioether (sulfide) groups is 1. The molecule has 0 aliphatic carbocycles. The highest BCUT2D eigenvalue weighted by Crippen LogP contribution is 2.16. The minimum atomic E-state index is 0.731. The van der Waals surface area contributed by atoms with E-state index in [2.05, 4.69) is 27.8 Å². The zero-order valence-electron chi connectivity index (χ0n) is 12.0. The highest BCUT2D eigenvalue weighted by atomic mass is 32.2. The van der Waals surface area contributed by atoms with E-state index in [0.717, 1.165) is 37.2 Å². The molecular formula is C12H25N5OS. The van der Waals surface area contributed by atoms with E-state index in [1.165, 1.54) is 25.7 Å². The van der Waals surface area contributed by atoms with Crippen molar-refractivity contribution < 1.29 is 4.74 Å². The van der Waals surface area contributed by atoms with E-state index in [9.17, 15) is 0 Å². The summed E-state index contributed by atoms with van der Waals surface area (Å²) in [4.78, 5) is 0. The van der Waals surface area contributed by atoms with Crippen LogP contribution in [0.2, 0.25) is 0 Å². The fourth-order valence-electron chi connectivity index (χ4n) is 1.62. The van der Waals surface area contributed by atoms with E-state index in [1.807, 2.05) is 4.68 Å². The van der Waals surface area contributed by atoms with E-state index < -0.39 is 0 Å². The maximum atomic E-state index is 4.97. The first-order valence-electron chi connectivity index (χ1n) is 6.97. The van der Waals surface area contributed by atoms with Crippen LogP contribution in [0, 0.1) is 0 Å². The molecule has 0 aromatic carbocycles. The number of aromatic nitrogens is 4. The van der Waals surface area contributed by atoms with Crippen molar-refractivity contribution in [3.8, 4) is 0 Å². The van der Waals surface area contributed by atoms with Crippen LogP contribution in [0.15, 0.2) is 5.16 Å². The van der Waals surface area contributed by atoms with Gasteiger partial charge in [0, 0.05) is 26.0 Å². The van der Waals surface area contributed by atoms with Crippen LogP contribution in [-0.2, 0) is 11.3 Å². The van der Waals surface area contributed by atoms with E-state index in [4.69, 9.17) is 4.74 Å². The van der Waals surface area contributed by atoms with Gasteiger partial charge in [-0.2, -0.15) is 0 Å². The molecule has 1 aromatic heterocycles. The van der Waals surface area contributed by atoms with Crippen LogP contribution in [0.4, 0.5) is 0 Å². The fraction of sp³-hybridized carbons (Fsp3) is 0.917. The molecule has 0 spiro atoms. The molecule has 0 saturated heterocycles. The van der Waals surface area contributed by atoms with Crippen LogP contribution in [0.5, 0.6) is 0 Å². The molecule has 0 unspecified atom stereocenters. The Bertz CT molecular complexity index is 292. The summed E-state index contributed by atoms with van der Waals surface area (Å²) >= 11 is 1.75. The topological polar surface area (TPSA) is 64.9 Å². The van der Waals surface area contributed by atoms with Crippen LogP contribution in [-0.4, -0.2) is 52.8 Å². The van der Waals surface area contributed by atoms with Gasteiger partial charge in [0.25, 0.3) is 0 Å². The number of nitrogens with zero attached hydrogens (tertiary/aromatic N) is 4. The van der Waals surface area contributed by atoms with Crippen LogP contribution >= 0.6 is 11.8 Å². The lowest BCUT2D eigenvalue weighted by molar-refractivity contribution is 0.199. The van der Waals surface area contributed by atoms with Crippen molar-refractivity contribution in [3.63, 3.8) is 0 Å². The van der Waals surface area contributed by atoms with Gasteiger partial charge in [0.1, 0.15) is 0 Å². The first kappa shape index (κ1) is 16.4. The minimum Gasteiger partial charge on any atom is -0.383 e. The Labute approximate surface area is 119 Å². The van der Waals surface area contributed by atoms with Crippen molar-refractivity contribution in [3.05, 3.63) is 0 Å². The Hall–Kier alpha value is -0.660. The molecule has 0 atom stereocenters. The quantitative estimate of drug-likeness (QED) is 0.465. The van der Waals surface area contributed by atoms with Crippen LogP contribution < -0.4 is 5.32 Å². The first-order chi connectivity index (χ1) is 9.38. The molecule has 1 aromatic rings. The molecule has 0 bridgehead atoms. The maximum absolute atomic E-state index is 4.97. The smallest absolute Gasteiger partial charge is 0.209 e. The average molecular weight is 287 g/mol. The monoisotopic (exact) mass is 287 g/mol. The summed E-state index contributed by atoms with van der Waals surface area (Å²) in [5, 5.41) is 16.0. The lowest BCUT2D eigenvalue weighted by Gasteiger charge is -2.05. The molecule has 1 heterocycles. The van der Waals surface area contributed by atoms with E-state index in [1.54, 1.807) is 18.9 Å². The second-order valence-electron chi connectivity index (χ2n) is 4.34. The Morgan fingerprint density at radius 3 is 2.95 bits per heavy atom. The Morgan fingerprint density at radius 2 is 2.16 bits per heavy atom. The second kappa shape index (κ2) is 11.2. The van der Waals surface area contributed by atoms with Gasteiger partial charge < -0.3 is 10.1 Å². The predicted molar refractivity (Wildman–Crippen MR) is 77.4 cm³/mol. The molecule has 0 aliphatic heterocycles. The SMILES string of the molecule is CCCCCCSc1nnnn1CCNCCOC. The summed E-state index contributed by atoms with van der Waals surface area (Å²) in [7, 11) is 1.70. The van der Waals surface area contributed by atoms with Crippen molar-refractivity contribution in [1.82, 2.24) is 25.5 Å². The third-order valence-electron chi connectivity index (χ3n) is 2.71. The van der Waals surface area contributed by atoms with Gasteiger partial charge in [0.15, 0.2) is 0 Å². The summed E-state index contributed by atoms with van der Waals surface area (Å²) in [5.41, 5.74) is 0. The molecule has 6 nitrogen and oxygen atoms in total. The standard InChI is InChI=1S/C12H25N5OS/c1-3-4-5-6-11-19-12-14-15-16-17(12)9-7-13-8-10-18-2/h13H,3-11H2,1-2H3.